The molecular weight excluding hydrogens is 424 g/mol. The molecule has 1 fully saturated rings. The molecule has 8 nitrogen and oxygen atoms in total. The third kappa shape index (κ3) is 6.19. The maximum absolute atomic E-state index is 12.4. The Morgan fingerprint density at radius 2 is 1.79 bits per heavy atom. The molecule has 1 aliphatic heterocycles. The standard InChI is InChI=1S/C25H28N2O6/c1-15(2)33-25(31)18-6-8-20(9-7-18)27-13-19(12-23(27)29)24(30)32-14-22(28)26-21-10-5-16(3)11-17(21)4/h5-11,15,19H,12-14H2,1-4H3,(H,26,28)/t19-/m1/s1. The number of hydrogen-bond acceptors (Lipinski definition) is 6. The molecule has 33 heavy (non-hydrogen) atoms. The van der Waals surface area contributed by atoms with Gasteiger partial charge < -0.3 is 19.7 Å². The van der Waals surface area contributed by atoms with Crippen molar-refractivity contribution in [3.05, 3.63) is 59.2 Å². The molecule has 0 saturated carbocycles. The number of anilines is 2. The van der Waals surface area contributed by atoms with Gasteiger partial charge in [-0.05, 0) is 63.6 Å². The molecule has 1 saturated heterocycles. The van der Waals surface area contributed by atoms with Gasteiger partial charge in [0.05, 0.1) is 17.6 Å². The van der Waals surface area contributed by atoms with Crippen LogP contribution in [0.3, 0.4) is 0 Å². The molecule has 0 bridgehead atoms. The second-order valence-electron chi connectivity index (χ2n) is 8.38. The summed E-state index contributed by atoms with van der Waals surface area (Å²) < 4.78 is 10.3. The van der Waals surface area contributed by atoms with Crippen molar-refractivity contribution in [2.24, 2.45) is 5.92 Å². The van der Waals surface area contributed by atoms with Gasteiger partial charge in [0.2, 0.25) is 5.91 Å². The molecule has 2 amide bonds. The Morgan fingerprint density at radius 3 is 2.42 bits per heavy atom. The number of carbonyl (C=O) groups excluding carboxylic acids is 4. The zero-order valence-corrected chi connectivity index (χ0v) is 19.2. The number of nitrogens with zero attached hydrogens (tertiary/aromatic N) is 1. The van der Waals surface area contributed by atoms with Crippen LogP contribution in [0.25, 0.3) is 0 Å². The molecule has 3 rings (SSSR count). The van der Waals surface area contributed by atoms with Gasteiger partial charge in [0.25, 0.3) is 5.91 Å². The Labute approximate surface area is 192 Å². The van der Waals surface area contributed by atoms with E-state index in [1.54, 1.807) is 44.2 Å². The second kappa shape index (κ2) is 10.3. The molecule has 2 aromatic rings. The first kappa shape index (κ1) is 24.0. The minimum atomic E-state index is -0.669. The highest BCUT2D eigenvalue weighted by molar-refractivity contribution is 6.00. The van der Waals surface area contributed by atoms with Gasteiger partial charge in [-0.15, -0.1) is 0 Å². The lowest BCUT2D eigenvalue weighted by atomic mass is 10.1. The fourth-order valence-corrected chi connectivity index (χ4v) is 3.57. The van der Waals surface area contributed by atoms with Crippen LogP contribution in [0.15, 0.2) is 42.5 Å². The number of hydrogen-bond donors (Lipinski definition) is 1. The summed E-state index contributed by atoms with van der Waals surface area (Å²) in [6, 6.07) is 12.1. The monoisotopic (exact) mass is 452 g/mol. The van der Waals surface area contributed by atoms with Crippen LogP contribution < -0.4 is 10.2 Å². The summed E-state index contributed by atoms with van der Waals surface area (Å²) in [5, 5.41) is 2.72. The highest BCUT2D eigenvalue weighted by Crippen LogP contribution is 2.26. The zero-order chi connectivity index (χ0) is 24.1. The fraction of sp³-hybridized carbons (Fsp3) is 0.360. The van der Waals surface area contributed by atoms with Gasteiger partial charge in [0, 0.05) is 24.3 Å². The maximum Gasteiger partial charge on any atom is 0.338 e. The molecule has 1 aliphatic rings. The average molecular weight is 453 g/mol. The van der Waals surface area contributed by atoms with Crippen LogP contribution in [0.2, 0.25) is 0 Å². The molecule has 0 aliphatic carbocycles. The van der Waals surface area contributed by atoms with Gasteiger partial charge in [-0.25, -0.2) is 4.79 Å². The Hall–Kier alpha value is -3.68. The first-order chi connectivity index (χ1) is 15.6. The lowest BCUT2D eigenvalue weighted by Gasteiger charge is -2.17. The number of carbonyl (C=O) groups is 4. The highest BCUT2D eigenvalue weighted by Gasteiger charge is 2.36. The Morgan fingerprint density at radius 1 is 1.09 bits per heavy atom. The number of benzene rings is 2. The summed E-state index contributed by atoms with van der Waals surface area (Å²) in [5.74, 6) is -2.38. The van der Waals surface area contributed by atoms with Crippen molar-refractivity contribution in [1.82, 2.24) is 0 Å². The van der Waals surface area contributed by atoms with E-state index in [0.29, 0.717) is 16.9 Å². The summed E-state index contributed by atoms with van der Waals surface area (Å²) in [5.41, 5.74) is 3.60. The van der Waals surface area contributed by atoms with E-state index in [1.165, 1.54) is 4.90 Å². The molecule has 0 aromatic heterocycles. The van der Waals surface area contributed by atoms with Crippen LogP contribution in [-0.2, 0) is 23.9 Å². The van der Waals surface area contributed by atoms with Gasteiger partial charge in [-0.3, -0.25) is 14.4 Å². The lowest BCUT2D eigenvalue weighted by Crippen LogP contribution is -2.28. The van der Waals surface area contributed by atoms with Gasteiger partial charge >= 0.3 is 11.9 Å². The minimum absolute atomic E-state index is 0.00529. The lowest BCUT2D eigenvalue weighted by molar-refractivity contribution is -0.151. The molecule has 174 valence electrons. The van der Waals surface area contributed by atoms with Crippen molar-refractivity contribution >= 4 is 35.1 Å². The van der Waals surface area contributed by atoms with Crippen molar-refractivity contribution < 1.29 is 28.7 Å². The van der Waals surface area contributed by atoms with Crippen LogP contribution in [0.5, 0.6) is 0 Å². The van der Waals surface area contributed by atoms with Crippen LogP contribution in [0, 0.1) is 19.8 Å². The zero-order valence-electron chi connectivity index (χ0n) is 19.2. The summed E-state index contributed by atoms with van der Waals surface area (Å²) in [6.45, 7) is 7.09. The average Bonchev–Trinajstić information content (AvgIpc) is 3.15. The van der Waals surface area contributed by atoms with Gasteiger partial charge in [-0.1, -0.05) is 17.7 Å². The quantitative estimate of drug-likeness (QED) is 0.646. The Bertz CT molecular complexity index is 1060. The number of aryl methyl sites for hydroxylation is 2. The van der Waals surface area contributed by atoms with Crippen molar-refractivity contribution in [3.8, 4) is 0 Å². The van der Waals surface area contributed by atoms with Crippen LogP contribution in [0.1, 0.15) is 41.8 Å². The fourth-order valence-electron chi connectivity index (χ4n) is 3.57. The van der Waals surface area contributed by atoms with E-state index in [-0.39, 0.29) is 25.0 Å². The molecule has 0 radical (unpaired) electrons. The van der Waals surface area contributed by atoms with Crippen LogP contribution in [0.4, 0.5) is 11.4 Å². The van der Waals surface area contributed by atoms with E-state index in [9.17, 15) is 19.2 Å². The summed E-state index contributed by atoms with van der Waals surface area (Å²) in [7, 11) is 0. The number of amides is 2. The van der Waals surface area contributed by atoms with Gasteiger partial charge in [0.15, 0.2) is 6.61 Å². The molecule has 8 heteroatoms. The van der Waals surface area contributed by atoms with E-state index >= 15 is 0 Å². The third-order valence-electron chi connectivity index (χ3n) is 5.22. The summed E-state index contributed by atoms with van der Waals surface area (Å²) >= 11 is 0. The van der Waals surface area contributed by atoms with E-state index in [0.717, 1.165) is 11.1 Å². The number of nitrogens with one attached hydrogen (secondary N) is 1. The summed E-state index contributed by atoms with van der Waals surface area (Å²) in [6.07, 6.45) is -0.235. The first-order valence-electron chi connectivity index (χ1n) is 10.8. The van der Waals surface area contributed by atoms with E-state index in [1.807, 2.05) is 26.0 Å². The topological polar surface area (TPSA) is 102 Å². The van der Waals surface area contributed by atoms with Crippen LogP contribution >= 0.6 is 0 Å². The molecule has 0 unspecified atom stereocenters. The normalized spacial score (nSPS) is 15.5. The van der Waals surface area contributed by atoms with E-state index in [2.05, 4.69) is 5.32 Å². The highest BCUT2D eigenvalue weighted by atomic mass is 16.5. The number of rotatable bonds is 7. The van der Waals surface area contributed by atoms with Gasteiger partial charge in [0.1, 0.15) is 0 Å². The second-order valence-corrected chi connectivity index (χ2v) is 8.38. The molecule has 1 atom stereocenters. The smallest absolute Gasteiger partial charge is 0.338 e. The third-order valence-corrected chi connectivity index (χ3v) is 5.22. The van der Waals surface area contributed by atoms with Crippen molar-refractivity contribution in [3.63, 3.8) is 0 Å². The molecular formula is C25H28N2O6. The first-order valence-corrected chi connectivity index (χ1v) is 10.8. The van der Waals surface area contributed by atoms with Crippen molar-refractivity contribution in [2.75, 3.05) is 23.4 Å². The van der Waals surface area contributed by atoms with Crippen molar-refractivity contribution in [1.29, 1.82) is 0 Å². The molecule has 1 N–H and O–H groups in total. The van der Waals surface area contributed by atoms with E-state index in [4.69, 9.17) is 9.47 Å². The predicted octanol–water partition coefficient (Wildman–Crippen LogP) is 3.40. The number of ether oxygens (including phenoxy) is 2. The molecule has 2 aromatic carbocycles. The Balaban J connectivity index is 1.53. The molecule has 0 spiro atoms. The number of esters is 2. The molecule has 1 heterocycles. The SMILES string of the molecule is Cc1ccc(NC(=O)COC(=O)[C@@H]2CC(=O)N(c3ccc(C(=O)OC(C)C)cc3)C2)c(C)c1. The Kier molecular flexibility index (Phi) is 7.48. The minimum Gasteiger partial charge on any atom is -0.459 e. The van der Waals surface area contributed by atoms with Crippen molar-refractivity contribution in [2.45, 2.75) is 40.2 Å². The van der Waals surface area contributed by atoms with Gasteiger partial charge in [-0.2, -0.15) is 0 Å². The largest absolute Gasteiger partial charge is 0.459 e. The predicted molar refractivity (Wildman–Crippen MR) is 123 cm³/mol. The summed E-state index contributed by atoms with van der Waals surface area (Å²) in [4.78, 5) is 50.5. The van der Waals surface area contributed by atoms with Crippen LogP contribution in [-0.4, -0.2) is 43.0 Å². The maximum atomic E-state index is 12.4. The van der Waals surface area contributed by atoms with E-state index < -0.39 is 30.4 Å².